The first-order chi connectivity index (χ1) is 9.15. The van der Waals surface area contributed by atoms with Gasteiger partial charge in [0.2, 0.25) is 0 Å². The van der Waals surface area contributed by atoms with Crippen LogP contribution in [0.25, 0.3) is 0 Å². The van der Waals surface area contributed by atoms with Gasteiger partial charge in [-0.1, -0.05) is 41.8 Å². The van der Waals surface area contributed by atoms with E-state index in [9.17, 15) is 4.79 Å². The Balaban J connectivity index is 2.34. The lowest BCUT2D eigenvalue weighted by atomic mass is 10.1. The maximum absolute atomic E-state index is 11.7. The van der Waals surface area contributed by atoms with Gasteiger partial charge in [-0.2, -0.15) is 0 Å². The number of nitrogens with one attached hydrogen (secondary N) is 1. The Morgan fingerprint density at radius 3 is 2.95 bits per heavy atom. The smallest absolute Gasteiger partial charge is 0.258 e. The molecule has 0 aromatic heterocycles. The van der Waals surface area contributed by atoms with Crippen molar-refractivity contribution in [2.24, 2.45) is 5.73 Å². The third-order valence-corrected chi connectivity index (χ3v) is 3.22. The Morgan fingerprint density at radius 2 is 2.32 bits per heavy atom. The summed E-state index contributed by atoms with van der Waals surface area (Å²) in [6.45, 7) is 2.59. The van der Waals surface area contributed by atoms with Crippen molar-refractivity contribution in [1.82, 2.24) is 5.32 Å². The van der Waals surface area contributed by atoms with Gasteiger partial charge in [-0.25, -0.2) is 0 Å². The highest BCUT2D eigenvalue weighted by molar-refractivity contribution is 9.10. The molecule has 4 nitrogen and oxygen atoms in total. The summed E-state index contributed by atoms with van der Waals surface area (Å²) in [7, 11) is 0. The first-order valence-corrected chi connectivity index (χ1v) is 7.32. The molecule has 0 saturated heterocycles. The highest BCUT2D eigenvalue weighted by Crippen LogP contribution is 2.17. The summed E-state index contributed by atoms with van der Waals surface area (Å²) in [6.07, 6.45) is 3.07. The number of ether oxygens (including phenoxy) is 1. The number of hydrogen-bond donors (Lipinski definition) is 2. The number of carbonyl (C=O) groups excluding carboxylic acids is 1. The van der Waals surface area contributed by atoms with E-state index in [2.05, 4.69) is 28.2 Å². The summed E-state index contributed by atoms with van der Waals surface area (Å²) in [6, 6.07) is 7.45. The number of carbonyl (C=O) groups is 1. The summed E-state index contributed by atoms with van der Waals surface area (Å²) < 4.78 is 6.34. The van der Waals surface area contributed by atoms with E-state index in [0.717, 1.165) is 23.7 Å². The Morgan fingerprint density at radius 1 is 1.53 bits per heavy atom. The lowest BCUT2D eigenvalue weighted by molar-refractivity contribution is -0.123. The molecule has 5 heteroatoms. The molecule has 1 atom stereocenters. The first kappa shape index (κ1) is 16.0. The van der Waals surface area contributed by atoms with Crippen molar-refractivity contribution in [3.05, 3.63) is 28.7 Å². The average Bonchev–Trinajstić information content (AvgIpc) is 2.41. The largest absolute Gasteiger partial charge is 0.484 e. The van der Waals surface area contributed by atoms with Gasteiger partial charge in [0.1, 0.15) is 5.75 Å². The van der Waals surface area contributed by atoms with Crippen LogP contribution in [0.1, 0.15) is 26.2 Å². The number of unbranched alkanes of at least 4 members (excludes halogenated alkanes) is 1. The molecule has 0 bridgehead atoms. The van der Waals surface area contributed by atoms with Crippen LogP contribution in [0.15, 0.2) is 28.7 Å². The minimum Gasteiger partial charge on any atom is -0.484 e. The van der Waals surface area contributed by atoms with E-state index in [4.69, 9.17) is 10.5 Å². The van der Waals surface area contributed by atoms with Crippen LogP contribution in [0.2, 0.25) is 0 Å². The van der Waals surface area contributed by atoms with Crippen LogP contribution in [0.4, 0.5) is 0 Å². The predicted octanol–water partition coefficient (Wildman–Crippen LogP) is 2.46. The standard InChI is InChI=1S/C14H21BrN2O2/c1-2-3-6-12(9-16)17-14(18)10-19-13-7-4-5-11(15)8-13/h4-5,7-8,12H,2-3,6,9-10,16H2,1H3,(H,17,18). The van der Waals surface area contributed by atoms with Crippen molar-refractivity contribution >= 4 is 21.8 Å². The van der Waals surface area contributed by atoms with Gasteiger partial charge in [0.25, 0.3) is 5.91 Å². The van der Waals surface area contributed by atoms with Gasteiger partial charge < -0.3 is 15.8 Å². The minimum atomic E-state index is -0.133. The second-order valence-electron chi connectivity index (χ2n) is 4.39. The summed E-state index contributed by atoms with van der Waals surface area (Å²) in [5.41, 5.74) is 5.63. The minimum absolute atomic E-state index is 0.0130. The quantitative estimate of drug-likeness (QED) is 0.770. The van der Waals surface area contributed by atoms with E-state index in [1.165, 1.54) is 0 Å². The fourth-order valence-electron chi connectivity index (χ4n) is 1.67. The molecular weight excluding hydrogens is 308 g/mol. The number of rotatable bonds is 8. The molecule has 0 fully saturated rings. The molecule has 1 aromatic rings. The SMILES string of the molecule is CCCCC(CN)NC(=O)COc1cccc(Br)c1. The first-order valence-electron chi connectivity index (χ1n) is 6.53. The van der Waals surface area contributed by atoms with Gasteiger partial charge in [0, 0.05) is 17.1 Å². The molecule has 0 aliphatic carbocycles. The molecular formula is C14H21BrN2O2. The topological polar surface area (TPSA) is 64.3 Å². The van der Waals surface area contributed by atoms with Gasteiger partial charge >= 0.3 is 0 Å². The zero-order valence-corrected chi connectivity index (χ0v) is 12.8. The van der Waals surface area contributed by atoms with Gasteiger partial charge in [-0.3, -0.25) is 4.79 Å². The molecule has 0 radical (unpaired) electrons. The predicted molar refractivity (Wildman–Crippen MR) is 80.1 cm³/mol. The molecule has 106 valence electrons. The van der Waals surface area contributed by atoms with E-state index in [1.54, 1.807) is 0 Å². The van der Waals surface area contributed by atoms with Gasteiger partial charge in [0.15, 0.2) is 6.61 Å². The van der Waals surface area contributed by atoms with Crippen LogP contribution >= 0.6 is 15.9 Å². The molecule has 0 saturated carbocycles. The number of nitrogens with two attached hydrogens (primary N) is 1. The molecule has 1 amide bonds. The maximum Gasteiger partial charge on any atom is 0.258 e. The molecule has 0 heterocycles. The molecule has 1 unspecified atom stereocenters. The number of amides is 1. The highest BCUT2D eigenvalue weighted by Gasteiger charge is 2.10. The summed E-state index contributed by atoms with van der Waals surface area (Å²) in [5, 5.41) is 2.89. The van der Waals surface area contributed by atoms with Crippen molar-refractivity contribution in [2.45, 2.75) is 32.2 Å². The van der Waals surface area contributed by atoms with Crippen LogP contribution in [-0.4, -0.2) is 25.1 Å². The fraction of sp³-hybridized carbons (Fsp3) is 0.500. The number of halogens is 1. The van der Waals surface area contributed by atoms with Crippen LogP contribution in [0, 0.1) is 0 Å². The van der Waals surface area contributed by atoms with Crippen molar-refractivity contribution in [3.8, 4) is 5.75 Å². The van der Waals surface area contributed by atoms with Gasteiger partial charge in [0.05, 0.1) is 0 Å². The van der Waals surface area contributed by atoms with E-state index in [0.29, 0.717) is 12.3 Å². The van der Waals surface area contributed by atoms with E-state index >= 15 is 0 Å². The third kappa shape index (κ3) is 6.59. The lowest BCUT2D eigenvalue weighted by Crippen LogP contribution is -2.42. The fourth-order valence-corrected chi connectivity index (χ4v) is 2.05. The second kappa shape index (κ2) is 8.93. The van der Waals surface area contributed by atoms with Crippen molar-refractivity contribution in [2.75, 3.05) is 13.2 Å². The molecule has 0 spiro atoms. The molecule has 1 rings (SSSR count). The van der Waals surface area contributed by atoms with Crippen LogP contribution in [-0.2, 0) is 4.79 Å². The zero-order valence-electron chi connectivity index (χ0n) is 11.2. The van der Waals surface area contributed by atoms with Gasteiger partial charge in [-0.05, 0) is 24.6 Å². The summed E-state index contributed by atoms with van der Waals surface area (Å²) in [5.74, 6) is 0.536. The molecule has 0 aliphatic heterocycles. The zero-order chi connectivity index (χ0) is 14.1. The highest BCUT2D eigenvalue weighted by atomic mass is 79.9. The van der Waals surface area contributed by atoms with Crippen LogP contribution in [0.5, 0.6) is 5.75 Å². The lowest BCUT2D eigenvalue weighted by Gasteiger charge is -2.16. The Bertz CT molecular complexity index is 399. The molecule has 3 N–H and O–H groups in total. The number of benzene rings is 1. The normalized spacial score (nSPS) is 11.9. The summed E-state index contributed by atoms with van der Waals surface area (Å²) in [4.78, 5) is 11.7. The third-order valence-electron chi connectivity index (χ3n) is 2.72. The van der Waals surface area contributed by atoms with Crippen molar-refractivity contribution < 1.29 is 9.53 Å². The van der Waals surface area contributed by atoms with Crippen LogP contribution in [0.3, 0.4) is 0 Å². The molecule has 0 aliphatic rings. The second-order valence-corrected chi connectivity index (χ2v) is 5.30. The Labute approximate surface area is 122 Å². The molecule has 19 heavy (non-hydrogen) atoms. The van der Waals surface area contributed by atoms with Crippen molar-refractivity contribution in [1.29, 1.82) is 0 Å². The van der Waals surface area contributed by atoms with E-state index in [-0.39, 0.29) is 18.6 Å². The Kier molecular flexibility index (Phi) is 7.52. The Hall–Kier alpha value is -1.07. The van der Waals surface area contributed by atoms with E-state index in [1.807, 2.05) is 24.3 Å². The van der Waals surface area contributed by atoms with Crippen LogP contribution < -0.4 is 15.8 Å². The summed E-state index contributed by atoms with van der Waals surface area (Å²) >= 11 is 3.35. The van der Waals surface area contributed by atoms with Gasteiger partial charge in [-0.15, -0.1) is 0 Å². The molecule has 1 aromatic carbocycles. The van der Waals surface area contributed by atoms with E-state index < -0.39 is 0 Å². The average molecular weight is 329 g/mol. The van der Waals surface area contributed by atoms with Crippen molar-refractivity contribution in [3.63, 3.8) is 0 Å². The monoisotopic (exact) mass is 328 g/mol. The number of hydrogen-bond acceptors (Lipinski definition) is 3. The maximum atomic E-state index is 11.7.